The molecule has 3 N–H and O–H groups in total. The number of anilines is 1. The van der Waals surface area contributed by atoms with Crippen LogP contribution in [-0.4, -0.2) is 48.2 Å². The van der Waals surface area contributed by atoms with Gasteiger partial charge in [0.25, 0.3) is 0 Å². The lowest BCUT2D eigenvalue weighted by Gasteiger charge is -2.22. The molecule has 2 rings (SSSR count). The molecule has 1 aromatic heterocycles. The number of aliphatic hydroxyl groups excluding tert-OH is 3. The minimum absolute atomic E-state index is 0. The Kier molecular flexibility index (Phi) is 10.6. The lowest BCUT2D eigenvalue weighted by molar-refractivity contribution is -0.697. The monoisotopic (exact) mass is 378 g/mol. The zero-order chi connectivity index (χ0) is 17.9. The summed E-state index contributed by atoms with van der Waals surface area (Å²) in [6.07, 6.45) is 8.90. The average Bonchev–Trinajstić information content (AvgIpc) is 2.66. The highest BCUT2D eigenvalue weighted by molar-refractivity contribution is 5.70. The van der Waals surface area contributed by atoms with E-state index in [9.17, 15) is 0 Å². The summed E-state index contributed by atoms with van der Waals surface area (Å²) in [5, 5.41) is 27.1. The molecular formula is C20H27ClN2O3. The Balaban J connectivity index is 0.00000338. The molecule has 0 amide bonds. The topological polar surface area (TPSA) is 67.8 Å². The Labute approximate surface area is 161 Å². The molecule has 5 nitrogen and oxygen atoms in total. The molecule has 0 radical (unpaired) electrons. The fourth-order valence-corrected chi connectivity index (χ4v) is 2.58. The van der Waals surface area contributed by atoms with E-state index in [0.717, 1.165) is 29.8 Å². The molecule has 0 fully saturated rings. The maximum Gasteiger partial charge on any atom is 0.169 e. The van der Waals surface area contributed by atoms with E-state index in [-0.39, 0.29) is 32.2 Å². The Bertz CT molecular complexity index is 639. The van der Waals surface area contributed by atoms with Crippen LogP contribution in [0, 0.1) is 0 Å². The summed E-state index contributed by atoms with van der Waals surface area (Å²) >= 11 is 0. The molecule has 26 heavy (non-hydrogen) atoms. The van der Waals surface area contributed by atoms with Gasteiger partial charge in [0.15, 0.2) is 18.9 Å². The van der Waals surface area contributed by atoms with E-state index >= 15 is 0 Å². The number of halogens is 1. The number of pyridine rings is 1. The van der Waals surface area contributed by atoms with Crippen LogP contribution in [0.4, 0.5) is 5.69 Å². The van der Waals surface area contributed by atoms with Gasteiger partial charge in [-0.15, -0.1) is 0 Å². The SMILES string of the molecule is OCCC[n+]1ccc(/C=C/c2ccc(N(CCO)CCO)cc2)cc1.[Cl-]. The van der Waals surface area contributed by atoms with Crippen molar-refractivity contribution >= 4 is 17.8 Å². The molecule has 0 aliphatic carbocycles. The van der Waals surface area contributed by atoms with Crippen LogP contribution in [0.5, 0.6) is 0 Å². The van der Waals surface area contributed by atoms with Crippen molar-refractivity contribution in [2.24, 2.45) is 0 Å². The van der Waals surface area contributed by atoms with Crippen LogP contribution in [-0.2, 0) is 6.54 Å². The molecule has 0 aliphatic rings. The quantitative estimate of drug-likeness (QED) is 0.432. The maximum absolute atomic E-state index is 9.11. The second-order valence-electron chi connectivity index (χ2n) is 5.81. The first-order valence-electron chi connectivity index (χ1n) is 8.61. The molecule has 0 saturated carbocycles. The summed E-state index contributed by atoms with van der Waals surface area (Å²) in [7, 11) is 0. The van der Waals surface area contributed by atoms with Gasteiger partial charge in [-0.05, 0) is 23.3 Å². The van der Waals surface area contributed by atoms with Crippen molar-refractivity contribution in [3.05, 3.63) is 59.9 Å². The summed E-state index contributed by atoms with van der Waals surface area (Å²) in [5.74, 6) is 0. The van der Waals surface area contributed by atoms with Crippen LogP contribution in [0.1, 0.15) is 17.5 Å². The van der Waals surface area contributed by atoms with Crippen molar-refractivity contribution in [3.63, 3.8) is 0 Å². The Morgan fingerprint density at radius 1 is 0.769 bits per heavy atom. The highest BCUT2D eigenvalue weighted by Gasteiger charge is 2.04. The highest BCUT2D eigenvalue weighted by Crippen LogP contribution is 2.16. The van der Waals surface area contributed by atoms with Crippen LogP contribution in [0.25, 0.3) is 12.2 Å². The third kappa shape index (κ3) is 7.14. The lowest BCUT2D eigenvalue weighted by Crippen LogP contribution is -3.00. The van der Waals surface area contributed by atoms with Crippen molar-refractivity contribution < 1.29 is 32.3 Å². The molecule has 6 heteroatoms. The molecule has 0 bridgehead atoms. The largest absolute Gasteiger partial charge is 1.00 e. The first kappa shape index (κ1) is 22.1. The Hall–Kier alpha value is -1.92. The normalized spacial score (nSPS) is 10.7. The standard InChI is InChI=1S/C20H27N2O3.ClH/c23-15-1-10-21-11-8-19(9-12-21)3-2-18-4-6-20(7-5-18)22(13-16-24)14-17-25;/h2-9,11-12,23-25H,1,10,13-17H2;1H/q+1;/p-1. The van der Waals surface area contributed by atoms with E-state index < -0.39 is 0 Å². The van der Waals surface area contributed by atoms with Crippen molar-refractivity contribution in [2.45, 2.75) is 13.0 Å². The summed E-state index contributed by atoms with van der Waals surface area (Å²) < 4.78 is 2.05. The van der Waals surface area contributed by atoms with E-state index in [1.165, 1.54) is 0 Å². The lowest BCUT2D eigenvalue weighted by atomic mass is 10.1. The molecule has 0 aliphatic heterocycles. The number of hydrogen-bond acceptors (Lipinski definition) is 4. The number of hydrogen-bond donors (Lipinski definition) is 3. The minimum Gasteiger partial charge on any atom is -1.00 e. The summed E-state index contributed by atoms with van der Waals surface area (Å²) in [6.45, 7) is 2.17. The second-order valence-corrected chi connectivity index (χ2v) is 5.81. The average molecular weight is 379 g/mol. The fraction of sp³-hybridized carbons (Fsp3) is 0.350. The van der Waals surface area contributed by atoms with Crippen molar-refractivity contribution in [1.82, 2.24) is 0 Å². The van der Waals surface area contributed by atoms with Crippen LogP contribution >= 0.6 is 0 Å². The van der Waals surface area contributed by atoms with E-state index in [0.29, 0.717) is 13.1 Å². The van der Waals surface area contributed by atoms with Gasteiger partial charge in [0, 0.05) is 43.9 Å². The summed E-state index contributed by atoms with van der Waals surface area (Å²) in [5.41, 5.74) is 3.20. The van der Waals surface area contributed by atoms with Gasteiger partial charge in [-0.3, -0.25) is 0 Å². The third-order valence-corrected chi connectivity index (χ3v) is 3.96. The van der Waals surface area contributed by atoms with Gasteiger partial charge in [0.2, 0.25) is 0 Å². The Morgan fingerprint density at radius 2 is 1.31 bits per heavy atom. The number of nitrogens with zero attached hydrogens (tertiary/aromatic N) is 2. The van der Waals surface area contributed by atoms with Gasteiger partial charge in [-0.1, -0.05) is 24.3 Å². The van der Waals surface area contributed by atoms with Gasteiger partial charge in [-0.2, -0.15) is 0 Å². The number of aromatic nitrogens is 1. The molecule has 1 aromatic carbocycles. The van der Waals surface area contributed by atoms with Crippen LogP contribution < -0.4 is 21.9 Å². The van der Waals surface area contributed by atoms with E-state index in [4.69, 9.17) is 15.3 Å². The van der Waals surface area contributed by atoms with Crippen LogP contribution in [0.2, 0.25) is 0 Å². The molecule has 1 heterocycles. The summed E-state index contributed by atoms with van der Waals surface area (Å²) in [4.78, 5) is 1.95. The number of aliphatic hydroxyl groups is 3. The molecule has 0 spiro atoms. The summed E-state index contributed by atoms with van der Waals surface area (Å²) in [6, 6.07) is 12.1. The van der Waals surface area contributed by atoms with E-state index in [2.05, 4.69) is 16.7 Å². The Morgan fingerprint density at radius 3 is 1.81 bits per heavy atom. The van der Waals surface area contributed by atoms with Crippen molar-refractivity contribution in [3.8, 4) is 0 Å². The maximum atomic E-state index is 9.11. The van der Waals surface area contributed by atoms with Gasteiger partial charge < -0.3 is 32.6 Å². The molecule has 2 aromatic rings. The van der Waals surface area contributed by atoms with E-state index in [1.807, 2.05) is 53.7 Å². The molecule has 142 valence electrons. The number of aryl methyl sites for hydroxylation is 1. The predicted molar refractivity (Wildman–Crippen MR) is 100 cm³/mol. The zero-order valence-corrected chi connectivity index (χ0v) is 15.6. The van der Waals surface area contributed by atoms with Gasteiger partial charge >= 0.3 is 0 Å². The third-order valence-electron chi connectivity index (χ3n) is 3.96. The van der Waals surface area contributed by atoms with Crippen molar-refractivity contribution in [2.75, 3.05) is 37.8 Å². The zero-order valence-electron chi connectivity index (χ0n) is 14.8. The number of rotatable bonds is 10. The first-order valence-corrected chi connectivity index (χ1v) is 8.61. The number of benzene rings is 1. The molecule has 0 atom stereocenters. The minimum atomic E-state index is 0. The molecule has 0 unspecified atom stereocenters. The smallest absolute Gasteiger partial charge is 0.169 e. The molecule has 0 saturated heterocycles. The van der Waals surface area contributed by atoms with Gasteiger partial charge in [0.1, 0.15) is 0 Å². The first-order chi connectivity index (χ1) is 12.3. The van der Waals surface area contributed by atoms with E-state index in [1.54, 1.807) is 0 Å². The van der Waals surface area contributed by atoms with Crippen molar-refractivity contribution in [1.29, 1.82) is 0 Å². The second kappa shape index (κ2) is 12.4. The van der Waals surface area contributed by atoms with Crippen LogP contribution in [0.3, 0.4) is 0 Å². The predicted octanol–water partition coefficient (Wildman–Crippen LogP) is -1.68. The van der Waals surface area contributed by atoms with Gasteiger partial charge in [0.05, 0.1) is 13.2 Å². The highest BCUT2D eigenvalue weighted by atomic mass is 35.5. The molecular weight excluding hydrogens is 352 g/mol. The van der Waals surface area contributed by atoms with Gasteiger partial charge in [-0.25, -0.2) is 4.57 Å². The fourth-order valence-electron chi connectivity index (χ4n) is 2.58. The van der Waals surface area contributed by atoms with Crippen LogP contribution in [0.15, 0.2) is 48.8 Å².